The fraction of sp³-hybridized carbons (Fsp3) is 0.308. The third-order valence-electron chi connectivity index (χ3n) is 2.67. The lowest BCUT2D eigenvalue weighted by atomic mass is 10.2. The summed E-state index contributed by atoms with van der Waals surface area (Å²) in [5, 5.41) is 14.4. The van der Waals surface area contributed by atoms with Crippen molar-refractivity contribution in [1.82, 2.24) is 5.32 Å². The Labute approximate surface area is 116 Å². The van der Waals surface area contributed by atoms with Crippen LogP contribution in [0.3, 0.4) is 0 Å². The van der Waals surface area contributed by atoms with Gasteiger partial charge in [-0.25, -0.2) is 4.99 Å². The number of hydrogen-bond donors (Lipinski definition) is 2. The lowest BCUT2D eigenvalue weighted by Gasteiger charge is -2.04. The molecule has 0 atom stereocenters. The number of nitrogens with zero attached hydrogens (tertiary/aromatic N) is 2. The van der Waals surface area contributed by atoms with Crippen molar-refractivity contribution < 1.29 is 4.79 Å². The predicted octanol–water partition coefficient (Wildman–Crippen LogP) is 2.46. The molecule has 2 rings (SSSR count). The zero-order valence-electron chi connectivity index (χ0n) is 10.5. The van der Waals surface area contributed by atoms with Gasteiger partial charge in [0.15, 0.2) is 11.4 Å². The van der Waals surface area contributed by atoms with Crippen LogP contribution in [0.1, 0.15) is 12.8 Å². The minimum absolute atomic E-state index is 0.0900. The molecule has 1 aliphatic carbocycles. The van der Waals surface area contributed by atoms with E-state index in [4.69, 9.17) is 5.26 Å². The van der Waals surface area contributed by atoms with Crippen molar-refractivity contribution in [3.8, 4) is 6.19 Å². The van der Waals surface area contributed by atoms with Gasteiger partial charge in [0.05, 0.1) is 5.69 Å². The number of amides is 1. The van der Waals surface area contributed by atoms with E-state index in [0.29, 0.717) is 5.17 Å². The van der Waals surface area contributed by atoms with Crippen LogP contribution >= 0.6 is 11.8 Å². The molecule has 1 fully saturated rings. The van der Waals surface area contributed by atoms with E-state index >= 15 is 0 Å². The first-order valence-electron chi connectivity index (χ1n) is 5.91. The predicted molar refractivity (Wildman–Crippen MR) is 77.2 cm³/mol. The van der Waals surface area contributed by atoms with Crippen LogP contribution in [0.4, 0.5) is 11.4 Å². The zero-order chi connectivity index (χ0) is 13.7. The van der Waals surface area contributed by atoms with Gasteiger partial charge in [0.2, 0.25) is 5.91 Å². The van der Waals surface area contributed by atoms with Crippen LogP contribution in [0.2, 0.25) is 0 Å². The van der Waals surface area contributed by atoms with E-state index in [1.165, 1.54) is 11.8 Å². The molecule has 1 aromatic carbocycles. The maximum absolute atomic E-state index is 11.6. The van der Waals surface area contributed by atoms with E-state index in [1.807, 2.05) is 24.6 Å². The SMILES string of the molecule is CSC(=Nc1ccc(NC(=O)C2CC2)cc1)NC#N. The molecule has 0 unspecified atom stereocenters. The van der Waals surface area contributed by atoms with E-state index in [1.54, 1.807) is 12.1 Å². The maximum Gasteiger partial charge on any atom is 0.227 e. The highest BCUT2D eigenvalue weighted by Crippen LogP contribution is 2.30. The smallest absolute Gasteiger partial charge is 0.227 e. The number of rotatable bonds is 3. The molecule has 0 aromatic heterocycles. The standard InChI is InChI=1S/C13H14N4OS/c1-19-13(15-8-14)17-11-6-4-10(5-7-11)16-12(18)9-2-3-9/h4-7,9H,2-3H2,1H3,(H,15,17)(H,16,18). The van der Waals surface area contributed by atoms with Crippen LogP contribution in [0.5, 0.6) is 0 Å². The third-order valence-corrected chi connectivity index (χ3v) is 3.25. The van der Waals surface area contributed by atoms with Gasteiger partial charge in [0.25, 0.3) is 0 Å². The molecule has 19 heavy (non-hydrogen) atoms. The van der Waals surface area contributed by atoms with Gasteiger partial charge in [0.1, 0.15) is 0 Å². The molecule has 5 nitrogen and oxygen atoms in total. The number of anilines is 1. The molecule has 0 radical (unpaired) electrons. The molecule has 0 spiro atoms. The molecule has 6 heteroatoms. The highest BCUT2D eigenvalue weighted by Gasteiger charge is 2.29. The summed E-state index contributed by atoms with van der Waals surface area (Å²) in [4.78, 5) is 15.8. The molecule has 1 saturated carbocycles. The fourth-order valence-corrected chi connectivity index (χ4v) is 1.84. The summed E-state index contributed by atoms with van der Waals surface area (Å²) in [5.74, 6) is 0.285. The topological polar surface area (TPSA) is 77.3 Å². The molecule has 98 valence electrons. The Balaban J connectivity index is 2.01. The van der Waals surface area contributed by atoms with Gasteiger partial charge in [-0.05, 0) is 43.4 Å². The Morgan fingerprint density at radius 2 is 2.11 bits per heavy atom. The fourth-order valence-electron chi connectivity index (χ4n) is 1.50. The summed E-state index contributed by atoms with van der Waals surface area (Å²) in [6, 6.07) is 7.22. The average molecular weight is 274 g/mol. The lowest BCUT2D eigenvalue weighted by Crippen LogP contribution is -2.13. The van der Waals surface area contributed by atoms with Crippen molar-refractivity contribution in [3.05, 3.63) is 24.3 Å². The monoisotopic (exact) mass is 274 g/mol. The van der Waals surface area contributed by atoms with E-state index in [0.717, 1.165) is 24.2 Å². The van der Waals surface area contributed by atoms with Gasteiger partial charge in [0, 0.05) is 11.6 Å². The van der Waals surface area contributed by atoms with Crippen molar-refractivity contribution in [2.24, 2.45) is 10.9 Å². The van der Waals surface area contributed by atoms with Crippen LogP contribution in [0.15, 0.2) is 29.3 Å². The largest absolute Gasteiger partial charge is 0.326 e. The quantitative estimate of drug-likeness (QED) is 0.384. The molecule has 1 aromatic rings. The molecule has 2 N–H and O–H groups in total. The first kappa shape index (κ1) is 13.4. The van der Waals surface area contributed by atoms with E-state index in [2.05, 4.69) is 15.6 Å². The Kier molecular flexibility index (Phi) is 4.42. The number of nitriles is 1. The summed E-state index contributed by atoms with van der Waals surface area (Å²) in [6.45, 7) is 0. The Hall–Kier alpha value is -2.00. The molecule has 1 aliphatic rings. The van der Waals surface area contributed by atoms with Crippen molar-refractivity contribution >= 4 is 34.2 Å². The first-order chi connectivity index (χ1) is 9.22. The highest BCUT2D eigenvalue weighted by molar-refractivity contribution is 8.13. The van der Waals surface area contributed by atoms with Crippen molar-refractivity contribution in [2.45, 2.75) is 12.8 Å². The van der Waals surface area contributed by atoms with Crippen molar-refractivity contribution in [3.63, 3.8) is 0 Å². The number of nitrogens with one attached hydrogen (secondary N) is 2. The molecule has 0 heterocycles. The minimum atomic E-state index is 0.0900. The number of carbonyl (C=O) groups is 1. The second kappa shape index (κ2) is 6.25. The van der Waals surface area contributed by atoms with Crippen LogP contribution in [-0.4, -0.2) is 17.3 Å². The Morgan fingerprint density at radius 3 is 2.63 bits per heavy atom. The lowest BCUT2D eigenvalue weighted by molar-refractivity contribution is -0.117. The number of carbonyl (C=O) groups excluding carboxylic acids is 1. The summed E-state index contributed by atoms with van der Waals surface area (Å²) in [7, 11) is 0. The minimum Gasteiger partial charge on any atom is -0.326 e. The normalized spacial score (nSPS) is 14.6. The summed E-state index contributed by atoms with van der Waals surface area (Å²) in [5.41, 5.74) is 1.51. The zero-order valence-corrected chi connectivity index (χ0v) is 11.3. The Bertz CT molecular complexity index is 529. The van der Waals surface area contributed by atoms with Crippen LogP contribution in [0, 0.1) is 17.4 Å². The number of thioether (sulfide) groups is 1. The molecular weight excluding hydrogens is 260 g/mol. The molecule has 0 bridgehead atoms. The number of aliphatic imine (C=N–C) groups is 1. The van der Waals surface area contributed by atoms with E-state index in [-0.39, 0.29) is 11.8 Å². The second-order valence-corrected chi connectivity index (χ2v) is 4.96. The molecular formula is C13H14N4OS. The van der Waals surface area contributed by atoms with E-state index < -0.39 is 0 Å². The van der Waals surface area contributed by atoms with Crippen molar-refractivity contribution in [2.75, 3.05) is 11.6 Å². The maximum atomic E-state index is 11.6. The highest BCUT2D eigenvalue weighted by atomic mass is 32.2. The number of amidine groups is 1. The van der Waals surface area contributed by atoms with Crippen LogP contribution < -0.4 is 10.6 Å². The molecule has 1 amide bonds. The van der Waals surface area contributed by atoms with Gasteiger partial charge in [-0.15, -0.1) is 0 Å². The Morgan fingerprint density at radius 1 is 1.42 bits per heavy atom. The van der Waals surface area contributed by atoms with Gasteiger partial charge in [-0.2, -0.15) is 5.26 Å². The van der Waals surface area contributed by atoms with Crippen LogP contribution in [0.25, 0.3) is 0 Å². The van der Waals surface area contributed by atoms with Crippen LogP contribution in [-0.2, 0) is 4.79 Å². The third kappa shape index (κ3) is 4.00. The second-order valence-electron chi connectivity index (χ2n) is 4.17. The summed E-state index contributed by atoms with van der Waals surface area (Å²) in [6.07, 6.45) is 5.66. The van der Waals surface area contributed by atoms with Gasteiger partial charge in [-0.3, -0.25) is 10.1 Å². The number of hydrogen-bond acceptors (Lipinski definition) is 4. The van der Waals surface area contributed by atoms with Gasteiger partial charge < -0.3 is 5.32 Å². The first-order valence-corrected chi connectivity index (χ1v) is 7.14. The van der Waals surface area contributed by atoms with E-state index in [9.17, 15) is 4.79 Å². The summed E-state index contributed by atoms with van der Waals surface area (Å²) < 4.78 is 0. The molecule has 0 saturated heterocycles. The average Bonchev–Trinajstić information content (AvgIpc) is 3.24. The summed E-state index contributed by atoms with van der Waals surface area (Å²) >= 11 is 1.36. The molecule has 0 aliphatic heterocycles. The van der Waals surface area contributed by atoms with Gasteiger partial charge in [-0.1, -0.05) is 11.8 Å². The number of benzene rings is 1. The van der Waals surface area contributed by atoms with Crippen molar-refractivity contribution in [1.29, 1.82) is 5.26 Å². The van der Waals surface area contributed by atoms with Gasteiger partial charge >= 0.3 is 0 Å².